The molecule has 0 unspecified atom stereocenters. The van der Waals surface area contributed by atoms with Crippen molar-refractivity contribution < 1.29 is 19.8 Å². The first kappa shape index (κ1) is 15.4. The average molecular weight is 210 g/mol. The number of rotatable bonds is 2. The molecule has 0 saturated carbocycles. The maximum absolute atomic E-state index is 9.25. The number of hydrogen-bond acceptors (Lipinski definition) is 2. The van der Waals surface area contributed by atoms with E-state index in [1.807, 2.05) is 0 Å². The van der Waals surface area contributed by atoms with Crippen LogP contribution in [-0.4, -0.2) is 22.2 Å². The van der Waals surface area contributed by atoms with Gasteiger partial charge in [-0.05, 0) is 6.42 Å². The maximum atomic E-state index is 9.25. The molecule has 4 heteroatoms. The summed E-state index contributed by atoms with van der Waals surface area (Å²) in [7, 11) is 0. The minimum absolute atomic E-state index is 0.833. The van der Waals surface area contributed by atoms with E-state index in [1.54, 1.807) is 0 Å². The van der Waals surface area contributed by atoms with E-state index in [1.165, 1.54) is 0 Å². The summed E-state index contributed by atoms with van der Waals surface area (Å²) in [5.41, 5.74) is 0. The number of carboxylic acids is 2. The minimum atomic E-state index is -0.981. The van der Waals surface area contributed by atoms with Crippen LogP contribution >= 0.6 is 0 Å². The fraction of sp³-hybridized carbons (Fsp3) is 0.0909. The molecule has 0 aromatic rings. The largest absolute Gasteiger partial charge is 0.478 e. The summed E-state index contributed by atoms with van der Waals surface area (Å²) >= 11 is 0. The third-order valence-electron chi connectivity index (χ3n) is 1.00. The van der Waals surface area contributed by atoms with E-state index in [0.29, 0.717) is 0 Å². The predicted octanol–water partition coefficient (Wildman–Crippen LogP) is 2.02. The van der Waals surface area contributed by atoms with Crippen molar-refractivity contribution in [1.82, 2.24) is 0 Å². The molecule has 1 aliphatic carbocycles. The Kier molecular flexibility index (Phi) is 12.2. The van der Waals surface area contributed by atoms with Crippen LogP contribution in [0.25, 0.3) is 0 Å². The highest BCUT2D eigenvalue weighted by Gasteiger charge is 1.74. The number of aliphatic carboxylic acids is 2. The highest BCUT2D eigenvalue weighted by Crippen LogP contribution is 1.93. The fourth-order valence-electron chi connectivity index (χ4n) is 0.393. The molecule has 0 bridgehead atoms. The first-order chi connectivity index (χ1) is 7.04. The second-order valence-corrected chi connectivity index (χ2v) is 2.18. The molecule has 0 radical (unpaired) electrons. The van der Waals surface area contributed by atoms with E-state index in [9.17, 15) is 9.59 Å². The first-order valence-electron chi connectivity index (χ1n) is 4.07. The van der Waals surface area contributed by atoms with E-state index >= 15 is 0 Å². The Balaban J connectivity index is 0. The molecule has 0 atom stereocenters. The normalized spacial score (nSPS) is 10.1. The van der Waals surface area contributed by atoms with Crippen LogP contribution in [0, 0.1) is 0 Å². The lowest BCUT2D eigenvalue weighted by atomic mass is 10.5. The standard InChI is InChI=1S/C5H6.2C3H4O2/c1-2-4-5-3-1;2*1-2-3(4)5/h1-4H,5H2;2*2H,1H2,(H,4,5). The molecular weight excluding hydrogens is 196 g/mol. The maximum Gasteiger partial charge on any atom is 0.327 e. The summed E-state index contributed by atoms with van der Waals surface area (Å²) in [5.74, 6) is -1.96. The predicted molar refractivity (Wildman–Crippen MR) is 58.6 cm³/mol. The van der Waals surface area contributed by atoms with Crippen molar-refractivity contribution in [3.05, 3.63) is 49.6 Å². The van der Waals surface area contributed by atoms with Gasteiger partial charge in [-0.15, -0.1) is 0 Å². The van der Waals surface area contributed by atoms with Crippen LogP contribution in [0.3, 0.4) is 0 Å². The topological polar surface area (TPSA) is 74.6 Å². The molecule has 1 rings (SSSR count). The molecule has 0 aromatic carbocycles. The van der Waals surface area contributed by atoms with Crippen molar-refractivity contribution in [3.8, 4) is 0 Å². The van der Waals surface area contributed by atoms with Gasteiger partial charge in [0, 0.05) is 12.2 Å². The second-order valence-electron chi connectivity index (χ2n) is 2.18. The summed E-state index contributed by atoms with van der Waals surface area (Å²) in [6, 6.07) is 0. The summed E-state index contributed by atoms with van der Waals surface area (Å²) in [4.78, 5) is 18.5. The van der Waals surface area contributed by atoms with Crippen molar-refractivity contribution in [1.29, 1.82) is 0 Å². The van der Waals surface area contributed by atoms with Gasteiger partial charge in [0.1, 0.15) is 0 Å². The van der Waals surface area contributed by atoms with E-state index < -0.39 is 11.9 Å². The van der Waals surface area contributed by atoms with Gasteiger partial charge in [-0.1, -0.05) is 37.5 Å². The van der Waals surface area contributed by atoms with Crippen molar-refractivity contribution in [3.63, 3.8) is 0 Å². The molecule has 82 valence electrons. The van der Waals surface area contributed by atoms with Gasteiger partial charge in [0.15, 0.2) is 0 Å². The molecule has 0 amide bonds. The third kappa shape index (κ3) is 24.5. The molecule has 0 heterocycles. The molecule has 0 fully saturated rings. The Hall–Kier alpha value is -2.10. The molecule has 0 aromatic heterocycles. The van der Waals surface area contributed by atoms with Crippen molar-refractivity contribution in [2.24, 2.45) is 0 Å². The average Bonchev–Trinajstić information content (AvgIpc) is 2.76. The van der Waals surface area contributed by atoms with Crippen LogP contribution in [0.2, 0.25) is 0 Å². The monoisotopic (exact) mass is 210 g/mol. The molecule has 15 heavy (non-hydrogen) atoms. The van der Waals surface area contributed by atoms with Crippen LogP contribution in [0.5, 0.6) is 0 Å². The van der Waals surface area contributed by atoms with E-state index in [2.05, 4.69) is 37.5 Å². The number of hydrogen-bond donors (Lipinski definition) is 2. The van der Waals surface area contributed by atoms with Crippen molar-refractivity contribution in [2.75, 3.05) is 0 Å². The second kappa shape index (κ2) is 11.9. The quantitative estimate of drug-likeness (QED) is 0.684. The fourth-order valence-corrected chi connectivity index (χ4v) is 0.393. The molecular formula is C11H14O4. The summed E-state index contributed by atoms with van der Waals surface area (Å²) in [5, 5.41) is 15.2. The van der Waals surface area contributed by atoms with Gasteiger partial charge >= 0.3 is 11.9 Å². The molecule has 0 saturated heterocycles. The molecule has 0 spiro atoms. The lowest BCUT2D eigenvalue weighted by Gasteiger charge is -1.64. The van der Waals surface area contributed by atoms with Crippen molar-refractivity contribution in [2.45, 2.75) is 6.42 Å². The summed E-state index contributed by atoms with van der Waals surface area (Å²) in [6.07, 6.45) is 11.2. The van der Waals surface area contributed by atoms with Gasteiger partial charge < -0.3 is 10.2 Å². The minimum Gasteiger partial charge on any atom is -0.478 e. The van der Waals surface area contributed by atoms with Gasteiger partial charge in [0.2, 0.25) is 0 Å². The lowest BCUT2D eigenvalue weighted by molar-refractivity contribution is -0.132. The first-order valence-corrected chi connectivity index (χ1v) is 4.07. The third-order valence-corrected chi connectivity index (χ3v) is 1.00. The highest BCUT2D eigenvalue weighted by atomic mass is 16.4. The Morgan fingerprint density at radius 3 is 1.33 bits per heavy atom. The van der Waals surface area contributed by atoms with Crippen LogP contribution in [0.15, 0.2) is 49.6 Å². The van der Waals surface area contributed by atoms with E-state index in [4.69, 9.17) is 10.2 Å². The number of carboxylic acid groups (broad SMARTS) is 2. The Morgan fingerprint density at radius 1 is 1.00 bits per heavy atom. The van der Waals surface area contributed by atoms with Crippen LogP contribution in [0.1, 0.15) is 6.42 Å². The van der Waals surface area contributed by atoms with Gasteiger partial charge in [-0.2, -0.15) is 0 Å². The number of carbonyl (C=O) groups is 2. The molecule has 1 aliphatic rings. The van der Waals surface area contributed by atoms with Crippen LogP contribution in [-0.2, 0) is 9.59 Å². The Labute approximate surface area is 88.5 Å². The molecule has 0 aliphatic heterocycles. The zero-order chi connectivity index (χ0) is 12.1. The van der Waals surface area contributed by atoms with Gasteiger partial charge in [0.05, 0.1) is 0 Å². The molecule has 4 nitrogen and oxygen atoms in total. The van der Waals surface area contributed by atoms with E-state index in [-0.39, 0.29) is 0 Å². The smallest absolute Gasteiger partial charge is 0.327 e. The van der Waals surface area contributed by atoms with Gasteiger partial charge in [-0.25, -0.2) is 9.59 Å². The van der Waals surface area contributed by atoms with E-state index in [0.717, 1.165) is 18.6 Å². The van der Waals surface area contributed by atoms with Crippen molar-refractivity contribution >= 4 is 11.9 Å². The number of allylic oxidation sites excluding steroid dienone is 4. The lowest BCUT2D eigenvalue weighted by Crippen LogP contribution is -1.82. The van der Waals surface area contributed by atoms with Gasteiger partial charge in [0.25, 0.3) is 0 Å². The SMILES string of the molecule is C1=CCC=C1.C=CC(=O)O.C=CC(=O)O. The Bertz CT molecular complexity index is 246. The zero-order valence-corrected chi connectivity index (χ0v) is 8.30. The zero-order valence-electron chi connectivity index (χ0n) is 8.30. The highest BCUT2D eigenvalue weighted by molar-refractivity contribution is 5.79. The molecule has 2 N–H and O–H groups in total. The van der Waals surface area contributed by atoms with Crippen LogP contribution in [0.4, 0.5) is 0 Å². The summed E-state index contributed by atoms with van der Waals surface area (Å²) in [6.45, 7) is 5.92. The van der Waals surface area contributed by atoms with Crippen LogP contribution < -0.4 is 0 Å². The van der Waals surface area contributed by atoms with Gasteiger partial charge in [-0.3, -0.25) is 0 Å². The Morgan fingerprint density at radius 2 is 1.27 bits per heavy atom. The summed E-state index contributed by atoms with van der Waals surface area (Å²) < 4.78 is 0.